The number of amides is 1. The molecule has 2 rings (SSSR count). The lowest BCUT2D eigenvalue weighted by Crippen LogP contribution is -2.33. The molecule has 0 aromatic heterocycles. The number of piperidine rings is 1. The molecule has 1 atom stereocenters. The SMILES string of the molecule is COc1cccc(SCC(=O)NCCC2CCCNC2)c1. The van der Waals surface area contributed by atoms with Gasteiger partial charge in [-0.15, -0.1) is 11.8 Å². The highest BCUT2D eigenvalue weighted by Crippen LogP contribution is 2.22. The molecule has 1 fully saturated rings. The number of carbonyl (C=O) groups excluding carboxylic acids is 1. The Labute approximate surface area is 131 Å². The van der Waals surface area contributed by atoms with Crippen LogP contribution in [0.5, 0.6) is 5.75 Å². The van der Waals surface area contributed by atoms with Gasteiger partial charge in [0.05, 0.1) is 12.9 Å². The Morgan fingerprint density at radius 1 is 1.52 bits per heavy atom. The third-order valence-corrected chi connectivity index (χ3v) is 4.68. The van der Waals surface area contributed by atoms with Gasteiger partial charge in [-0.25, -0.2) is 0 Å². The van der Waals surface area contributed by atoms with Crippen LogP contribution in [0.1, 0.15) is 19.3 Å². The normalized spacial score (nSPS) is 18.2. The number of thioether (sulfide) groups is 1. The molecule has 116 valence electrons. The predicted octanol–water partition coefficient (Wildman–Crippen LogP) is 2.29. The van der Waals surface area contributed by atoms with Crippen molar-refractivity contribution < 1.29 is 9.53 Å². The molecule has 1 unspecified atom stereocenters. The maximum atomic E-state index is 11.8. The molecule has 1 saturated heterocycles. The van der Waals surface area contributed by atoms with Gasteiger partial charge in [0.25, 0.3) is 0 Å². The van der Waals surface area contributed by atoms with Gasteiger partial charge in [-0.05, 0) is 56.5 Å². The molecule has 5 heteroatoms. The average Bonchev–Trinajstić information content (AvgIpc) is 2.54. The molecule has 0 radical (unpaired) electrons. The number of methoxy groups -OCH3 is 1. The van der Waals surface area contributed by atoms with Crippen molar-refractivity contribution in [2.75, 3.05) is 32.5 Å². The zero-order valence-electron chi connectivity index (χ0n) is 12.6. The van der Waals surface area contributed by atoms with Crippen molar-refractivity contribution in [2.24, 2.45) is 5.92 Å². The Kier molecular flexibility index (Phi) is 6.89. The van der Waals surface area contributed by atoms with Crippen molar-refractivity contribution in [3.63, 3.8) is 0 Å². The number of nitrogens with one attached hydrogen (secondary N) is 2. The van der Waals surface area contributed by atoms with Crippen LogP contribution in [-0.4, -0.2) is 38.4 Å². The molecule has 1 heterocycles. The van der Waals surface area contributed by atoms with E-state index in [0.717, 1.165) is 36.7 Å². The van der Waals surface area contributed by atoms with E-state index in [-0.39, 0.29) is 5.91 Å². The summed E-state index contributed by atoms with van der Waals surface area (Å²) >= 11 is 1.54. The summed E-state index contributed by atoms with van der Waals surface area (Å²) in [5, 5.41) is 6.41. The topological polar surface area (TPSA) is 50.4 Å². The zero-order valence-corrected chi connectivity index (χ0v) is 13.4. The molecule has 1 aromatic carbocycles. The molecule has 0 bridgehead atoms. The monoisotopic (exact) mass is 308 g/mol. The fraction of sp³-hybridized carbons (Fsp3) is 0.562. The molecule has 1 aliphatic heterocycles. The molecule has 1 amide bonds. The van der Waals surface area contributed by atoms with Crippen LogP contribution in [0.4, 0.5) is 0 Å². The summed E-state index contributed by atoms with van der Waals surface area (Å²) in [4.78, 5) is 12.9. The van der Waals surface area contributed by atoms with E-state index in [1.807, 2.05) is 24.3 Å². The van der Waals surface area contributed by atoms with E-state index in [0.29, 0.717) is 11.7 Å². The first-order chi connectivity index (χ1) is 10.3. The van der Waals surface area contributed by atoms with E-state index in [1.165, 1.54) is 24.6 Å². The van der Waals surface area contributed by atoms with E-state index in [4.69, 9.17) is 4.74 Å². The molecule has 0 aliphatic carbocycles. The van der Waals surface area contributed by atoms with Crippen LogP contribution >= 0.6 is 11.8 Å². The summed E-state index contributed by atoms with van der Waals surface area (Å²) in [6.45, 7) is 3.01. The molecular formula is C16H24N2O2S. The van der Waals surface area contributed by atoms with Crippen LogP contribution in [-0.2, 0) is 4.79 Å². The van der Waals surface area contributed by atoms with Crippen LogP contribution in [0.2, 0.25) is 0 Å². The fourth-order valence-corrected chi connectivity index (χ4v) is 3.25. The summed E-state index contributed by atoms with van der Waals surface area (Å²) in [6, 6.07) is 7.79. The van der Waals surface area contributed by atoms with E-state index in [2.05, 4.69) is 10.6 Å². The average molecular weight is 308 g/mol. The second kappa shape index (κ2) is 8.95. The van der Waals surface area contributed by atoms with Gasteiger partial charge >= 0.3 is 0 Å². The summed E-state index contributed by atoms with van der Waals surface area (Å²) in [6.07, 6.45) is 3.61. The number of hydrogen-bond donors (Lipinski definition) is 2. The lowest BCUT2D eigenvalue weighted by atomic mass is 9.96. The summed E-state index contributed by atoms with van der Waals surface area (Å²) in [5.74, 6) is 2.10. The van der Waals surface area contributed by atoms with Crippen molar-refractivity contribution in [1.29, 1.82) is 0 Å². The highest BCUT2D eigenvalue weighted by Gasteiger charge is 2.12. The largest absolute Gasteiger partial charge is 0.497 e. The minimum Gasteiger partial charge on any atom is -0.497 e. The number of hydrogen-bond acceptors (Lipinski definition) is 4. The minimum absolute atomic E-state index is 0.103. The third kappa shape index (κ3) is 5.98. The summed E-state index contributed by atoms with van der Waals surface area (Å²) in [7, 11) is 1.65. The van der Waals surface area contributed by atoms with Gasteiger partial charge in [0.2, 0.25) is 5.91 Å². The smallest absolute Gasteiger partial charge is 0.230 e. The van der Waals surface area contributed by atoms with Gasteiger partial charge in [-0.1, -0.05) is 6.07 Å². The Bertz CT molecular complexity index is 448. The van der Waals surface area contributed by atoms with Crippen LogP contribution in [0.3, 0.4) is 0 Å². The molecular weight excluding hydrogens is 284 g/mol. The van der Waals surface area contributed by atoms with Gasteiger partial charge < -0.3 is 15.4 Å². The number of ether oxygens (including phenoxy) is 1. The minimum atomic E-state index is 0.103. The zero-order chi connectivity index (χ0) is 14.9. The van der Waals surface area contributed by atoms with Gasteiger partial charge in [0.1, 0.15) is 5.75 Å². The van der Waals surface area contributed by atoms with Crippen molar-refractivity contribution in [3.8, 4) is 5.75 Å². The van der Waals surface area contributed by atoms with Crippen LogP contribution in [0, 0.1) is 5.92 Å². The summed E-state index contributed by atoms with van der Waals surface area (Å²) < 4.78 is 5.17. The number of carbonyl (C=O) groups is 1. The first-order valence-corrected chi connectivity index (χ1v) is 8.51. The standard InChI is InChI=1S/C16H24N2O2S/c1-20-14-5-2-6-15(10-14)21-12-16(19)18-9-7-13-4-3-8-17-11-13/h2,5-6,10,13,17H,3-4,7-9,11-12H2,1H3,(H,18,19). The fourth-order valence-electron chi connectivity index (χ4n) is 2.48. The van der Waals surface area contributed by atoms with Crippen LogP contribution in [0.15, 0.2) is 29.2 Å². The van der Waals surface area contributed by atoms with Gasteiger partial charge in [-0.2, -0.15) is 0 Å². The maximum absolute atomic E-state index is 11.8. The summed E-state index contributed by atoms with van der Waals surface area (Å²) in [5.41, 5.74) is 0. The highest BCUT2D eigenvalue weighted by molar-refractivity contribution is 8.00. The quantitative estimate of drug-likeness (QED) is 0.759. The lowest BCUT2D eigenvalue weighted by Gasteiger charge is -2.22. The lowest BCUT2D eigenvalue weighted by molar-refractivity contribution is -0.118. The Morgan fingerprint density at radius 3 is 3.19 bits per heavy atom. The molecule has 4 nitrogen and oxygen atoms in total. The first-order valence-electron chi connectivity index (χ1n) is 7.52. The van der Waals surface area contributed by atoms with E-state index >= 15 is 0 Å². The van der Waals surface area contributed by atoms with Crippen LogP contribution in [0.25, 0.3) is 0 Å². The molecule has 0 spiro atoms. The van der Waals surface area contributed by atoms with Gasteiger partial charge in [0.15, 0.2) is 0 Å². The Morgan fingerprint density at radius 2 is 2.43 bits per heavy atom. The molecule has 1 aromatic rings. The second-order valence-electron chi connectivity index (χ2n) is 5.32. The molecule has 21 heavy (non-hydrogen) atoms. The van der Waals surface area contributed by atoms with E-state index in [9.17, 15) is 4.79 Å². The third-order valence-electron chi connectivity index (χ3n) is 3.68. The predicted molar refractivity (Wildman–Crippen MR) is 86.9 cm³/mol. The highest BCUT2D eigenvalue weighted by atomic mass is 32.2. The van der Waals surface area contributed by atoms with Crippen molar-refractivity contribution in [2.45, 2.75) is 24.2 Å². The van der Waals surface area contributed by atoms with Crippen molar-refractivity contribution >= 4 is 17.7 Å². The Hall–Kier alpha value is -1.20. The molecule has 2 N–H and O–H groups in total. The van der Waals surface area contributed by atoms with Crippen molar-refractivity contribution in [3.05, 3.63) is 24.3 Å². The van der Waals surface area contributed by atoms with Gasteiger partial charge in [0, 0.05) is 11.4 Å². The first kappa shape index (κ1) is 16.2. The molecule has 1 aliphatic rings. The van der Waals surface area contributed by atoms with Crippen LogP contribution < -0.4 is 15.4 Å². The second-order valence-corrected chi connectivity index (χ2v) is 6.37. The Balaban J connectivity index is 1.62. The van der Waals surface area contributed by atoms with Crippen molar-refractivity contribution in [1.82, 2.24) is 10.6 Å². The number of benzene rings is 1. The van der Waals surface area contributed by atoms with E-state index in [1.54, 1.807) is 7.11 Å². The van der Waals surface area contributed by atoms with E-state index < -0.39 is 0 Å². The van der Waals surface area contributed by atoms with Gasteiger partial charge in [-0.3, -0.25) is 4.79 Å². The maximum Gasteiger partial charge on any atom is 0.230 e. The molecule has 0 saturated carbocycles. The number of rotatable bonds is 7.